The maximum absolute atomic E-state index is 11.1. The van der Waals surface area contributed by atoms with E-state index in [0.717, 1.165) is 49.7 Å². The van der Waals surface area contributed by atoms with Gasteiger partial charge in [-0.1, -0.05) is 17.7 Å². The van der Waals surface area contributed by atoms with Crippen molar-refractivity contribution in [2.24, 2.45) is 0 Å². The predicted molar refractivity (Wildman–Crippen MR) is 98.4 cm³/mol. The average Bonchev–Trinajstić information content (AvgIpc) is 2.59. The van der Waals surface area contributed by atoms with Gasteiger partial charge < -0.3 is 20.0 Å². The van der Waals surface area contributed by atoms with E-state index < -0.39 is 6.09 Å². The third-order valence-electron chi connectivity index (χ3n) is 5.24. The molecule has 1 aromatic carbocycles. The van der Waals surface area contributed by atoms with Gasteiger partial charge in [-0.3, -0.25) is 4.90 Å². The monoisotopic (exact) mass is 367 g/mol. The summed E-state index contributed by atoms with van der Waals surface area (Å²) in [6.45, 7) is 6.31. The van der Waals surface area contributed by atoms with Gasteiger partial charge in [0.05, 0.1) is 16.8 Å². The van der Waals surface area contributed by atoms with Crippen molar-refractivity contribution < 1.29 is 15.0 Å². The van der Waals surface area contributed by atoms with Crippen LogP contribution in [0.4, 0.5) is 10.5 Å². The minimum atomic E-state index is -0.840. The number of nitrogens with zero attached hydrogens (tertiary/aromatic N) is 3. The summed E-state index contributed by atoms with van der Waals surface area (Å²) >= 11 is 6.40. The third-order valence-corrected chi connectivity index (χ3v) is 5.56. The average molecular weight is 368 g/mol. The summed E-state index contributed by atoms with van der Waals surface area (Å²) in [5.74, 6) is 0. The first-order chi connectivity index (χ1) is 11.9. The summed E-state index contributed by atoms with van der Waals surface area (Å²) in [5.41, 5.74) is 2.21. The van der Waals surface area contributed by atoms with Crippen LogP contribution in [0.3, 0.4) is 0 Å². The Bertz CT molecular complexity index is 620. The number of anilines is 1. The number of hydrogen-bond donors (Lipinski definition) is 2. The number of amides is 1. The second kappa shape index (κ2) is 7.81. The molecule has 0 aliphatic carbocycles. The lowest BCUT2D eigenvalue weighted by molar-refractivity contribution is 0.0712. The van der Waals surface area contributed by atoms with Gasteiger partial charge in [0, 0.05) is 45.3 Å². The highest BCUT2D eigenvalue weighted by atomic mass is 35.5. The Balaban J connectivity index is 1.67. The molecule has 2 N–H and O–H groups in total. The Hall–Kier alpha value is -1.50. The molecule has 2 aliphatic rings. The second-order valence-corrected chi connectivity index (χ2v) is 7.46. The highest BCUT2D eigenvalue weighted by Gasteiger charge is 2.26. The molecule has 1 amide bonds. The van der Waals surface area contributed by atoms with Crippen molar-refractivity contribution in [2.75, 3.05) is 37.6 Å². The van der Waals surface area contributed by atoms with Gasteiger partial charge in [0.2, 0.25) is 0 Å². The van der Waals surface area contributed by atoms with Gasteiger partial charge in [-0.15, -0.1) is 0 Å². The summed E-state index contributed by atoms with van der Waals surface area (Å²) in [6.07, 6.45) is 0.501. The lowest BCUT2D eigenvalue weighted by atomic mass is 10.1. The Kier molecular flexibility index (Phi) is 5.71. The van der Waals surface area contributed by atoms with Crippen LogP contribution in [-0.2, 0) is 6.54 Å². The zero-order valence-corrected chi connectivity index (χ0v) is 15.3. The van der Waals surface area contributed by atoms with Crippen LogP contribution < -0.4 is 4.90 Å². The number of halogens is 1. The maximum atomic E-state index is 11.1. The van der Waals surface area contributed by atoms with E-state index in [-0.39, 0.29) is 12.1 Å². The molecule has 2 fully saturated rings. The second-order valence-electron chi connectivity index (χ2n) is 7.05. The lowest BCUT2D eigenvalue weighted by Crippen LogP contribution is -2.52. The van der Waals surface area contributed by atoms with E-state index in [2.05, 4.69) is 22.8 Å². The number of rotatable bonds is 3. The molecule has 0 radical (unpaired) electrons. The highest BCUT2D eigenvalue weighted by molar-refractivity contribution is 6.33. The van der Waals surface area contributed by atoms with Gasteiger partial charge in [0.15, 0.2) is 0 Å². The fourth-order valence-electron chi connectivity index (χ4n) is 3.64. The van der Waals surface area contributed by atoms with Gasteiger partial charge in [-0.05, 0) is 37.5 Å². The van der Waals surface area contributed by atoms with Crippen LogP contribution in [0.15, 0.2) is 18.2 Å². The van der Waals surface area contributed by atoms with Gasteiger partial charge in [0.25, 0.3) is 0 Å². The summed E-state index contributed by atoms with van der Waals surface area (Å²) in [6, 6.07) is 6.31. The summed E-state index contributed by atoms with van der Waals surface area (Å²) in [7, 11) is 0. The van der Waals surface area contributed by atoms with E-state index in [1.807, 2.05) is 12.1 Å². The molecule has 0 saturated carbocycles. The molecule has 7 heteroatoms. The molecule has 0 bridgehead atoms. The zero-order valence-electron chi connectivity index (χ0n) is 14.6. The Morgan fingerprint density at radius 2 is 1.96 bits per heavy atom. The first kappa shape index (κ1) is 18.3. The van der Waals surface area contributed by atoms with Gasteiger partial charge in [-0.2, -0.15) is 0 Å². The predicted octanol–water partition coefficient (Wildman–Crippen LogP) is 2.49. The van der Waals surface area contributed by atoms with Crippen LogP contribution in [-0.4, -0.2) is 71.0 Å². The molecule has 138 valence electrons. The fraction of sp³-hybridized carbons (Fsp3) is 0.611. The van der Waals surface area contributed by atoms with E-state index in [4.69, 9.17) is 16.7 Å². The van der Waals surface area contributed by atoms with Gasteiger partial charge in [0.1, 0.15) is 0 Å². The van der Waals surface area contributed by atoms with E-state index >= 15 is 0 Å². The van der Waals surface area contributed by atoms with Gasteiger partial charge in [-0.25, -0.2) is 4.79 Å². The molecule has 0 unspecified atom stereocenters. The lowest BCUT2D eigenvalue weighted by Gasteiger charge is -2.39. The number of hydrogen-bond acceptors (Lipinski definition) is 4. The van der Waals surface area contributed by atoms with E-state index in [1.165, 1.54) is 10.5 Å². The first-order valence-electron chi connectivity index (χ1n) is 8.87. The number of piperidine rings is 1. The number of benzene rings is 1. The highest BCUT2D eigenvalue weighted by Crippen LogP contribution is 2.30. The topological polar surface area (TPSA) is 67.3 Å². The van der Waals surface area contributed by atoms with Gasteiger partial charge >= 0.3 is 6.09 Å². The normalized spacial score (nSPS) is 23.1. The van der Waals surface area contributed by atoms with Crippen LogP contribution in [0.2, 0.25) is 5.02 Å². The van der Waals surface area contributed by atoms with Crippen LogP contribution in [0, 0.1) is 0 Å². The molecular formula is C18H26ClN3O3. The van der Waals surface area contributed by atoms with Crippen LogP contribution in [0.5, 0.6) is 0 Å². The number of carboxylic acid groups (broad SMARTS) is 1. The van der Waals surface area contributed by atoms with E-state index in [1.54, 1.807) is 0 Å². The molecule has 2 saturated heterocycles. The summed E-state index contributed by atoms with van der Waals surface area (Å²) in [4.78, 5) is 17.1. The molecule has 2 aliphatic heterocycles. The minimum Gasteiger partial charge on any atom is -0.465 e. The van der Waals surface area contributed by atoms with Crippen LogP contribution in [0.1, 0.15) is 25.3 Å². The molecule has 6 nitrogen and oxygen atoms in total. The van der Waals surface area contributed by atoms with E-state index in [0.29, 0.717) is 13.1 Å². The third kappa shape index (κ3) is 4.37. The van der Waals surface area contributed by atoms with Crippen molar-refractivity contribution in [1.82, 2.24) is 9.80 Å². The SMILES string of the molecule is C[C@H]1CN(C(=O)O)CCN1Cc1ccc(Cl)c(N2CCC(O)CC2)c1. The molecule has 1 atom stereocenters. The summed E-state index contributed by atoms with van der Waals surface area (Å²) in [5, 5.41) is 19.6. The molecule has 2 heterocycles. The van der Waals surface area contributed by atoms with Crippen molar-refractivity contribution in [3.8, 4) is 0 Å². The molecule has 25 heavy (non-hydrogen) atoms. The van der Waals surface area contributed by atoms with Crippen molar-refractivity contribution in [3.05, 3.63) is 28.8 Å². The Labute approximate surface area is 153 Å². The van der Waals surface area contributed by atoms with Crippen LogP contribution in [0.25, 0.3) is 0 Å². The fourth-order valence-corrected chi connectivity index (χ4v) is 3.88. The Morgan fingerprint density at radius 1 is 1.24 bits per heavy atom. The number of aliphatic hydroxyl groups is 1. The quantitative estimate of drug-likeness (QED) is 0.859. The van der Waals surface area contributed by atoms with Crippen molar-refractivity contribution >= 4 is 23.4 Å². The number of piperazine rings is 1. The molecule has 0 aromatic heterocycles. The van der Waals surface area contributed by atoms with Crippen molar-refractivity contribution in [1.29, 1.82) is 0 Å². The molecule has 3 rings (SSSR count). The summed E-state index contributed by atoms with van der Waals surface area (Å²) < 4.78 is 0. The van der Waals surface area contributed by atoms with Crippen molar-refractivity contribution in [2.45, 2.75) is 38.5 Å². The molecular weight excluding hydrogens is 342 g/mol. The maximum Gasteiger partial charge on any atom is 0.407 e. The molecule has 1 aromatic rings. The standard InChI is InChI=1S/C18H26ClN3O3/c1-13-11-22(18(24)25)9-8-21(13)12-14-2-3-16(19)17(10-14)20-6-4-15(23)5-7-20/h2-3,10,13,15,23H,4-9,11-12H2,1H3,(H,24,25)/t13-/m0/s1. The van der Waals surface area contributed by atoms with Crippen molar-refractivity contribution in [3.63, 3.8) is 0 Å². The minimum absolute atomic E-state index is 0.189. The largest absolute Gasteiger partial charge is 0.465 e. The Morgan fingerprint density at radius 3 is 2.60 bits per heavy atom. The first-order valence-corrected chi connectivity index (χ1v) is 9.25. The zero-order chi connectivity index (χ0) is 18.0. The van der Waals surface area contributed by atoms with E-state index in [9.17, 15) is 9.90 Å². The molecule has 0 spiro atoms. The van der Waals surface area contributed by atoms with Crippen LogP contribution >= 0.6 is 11.6 Å². The number of aliphatic hydroxyl groups excluding tert-OH is 1. The number of carbonyl (C=O) groups is 1. The smallest absolute Gasteiger partial charge is 0.407 e.